The van der Waals surface area contributed by atoms with Crippen LogP contribution in [0.3, 0.4) is 0 Å². The molecular formula is C15H11NO3. The number of nitrogens with zero attached hydrogens (tertiary/aromatic N) is 1. The van der Waals surface area contributed by atoms with Crippen molar-refractivity contribution in [3.8, 4) is 17.2 Å². The predicted octanol–water partition coefficient (Wildman–Crippen LogP) is 3.32. The molecule has 1 heterocycles. The van der Waals surface area contributed by atoms with Gasteiger partial charge in [0.15, 0.2) is 5.58 Å². The van der Waals surface area contributed by atoms with Crippen LogP contribution in [0.2, 0.25) is 0 Å². The van der Waals surface area contributed by atoms with Gasteiger partial charge in [-0.2, -0.15) is 0 Å². The summed E-state index contributed by atoms with van der Waals surface area (Å²) in [5.41, 5.74) is 2.79. The first-order valence-corrected chi connectivity index (χ1v) is 5.80. The van der Waals surface area contributed by atoms with Crippen LogP contribution in [-0.4, -0.2) is 18.4 Å². The lowest BCUT2D eigenvalue weighted by Crippen LogP contribution is -1.82. The summed E-state index contributed by atoms with van der Waals surface area (Å²) in [4.78, 5) is 15.1. The molecule has 0 fully saturated rings. The van der Waals surface area contributed by atoms with Crippen molar-refractivity contribution in [2.24, 2.45) is 0 Å². The third-order valence-electron chi connectivity index (χ3n) is 2.88. The highest BCUT2D eigenvalue weighted by atomic mass is 16.5. The Bertz CT molecular complexity index is 729. The molecule has 1 aromatic heterocycles. The summed E-state index contributed by atoms with van der Waals surface area (Å²) >= 11 is 0. The Balaban J connectivity index is 2.06. The number of hydrogen-bond acceptors (Lipinski definition) is 4. The van der Waals surface area contributed by atoms with Crippen LogP contribution < -0.4 is 4.74 Å². The Labute approximate surface area is 109 Å². The highest BCUT2D eigenvalue weighted by Crippen LogP contribution is 2.26. The van der Waals surface area contributed by atoms with Gasteiger partial charge < -0.3 is 9.15 Å². The topological polar surface area (TPSA) is 52.3 Å². The Morgan fingerprint density at radius 2 is 1.95 bits per heavy atom. The van der Waals surface area contributed by atoms with Gasteiger partial charge in [-0.15, -0.1) is 0 Å². The first-order chi connectivity index (χ1) is 9.30. The maximum atomic E-state index is 10.7. The van der Waals surface area contributed by atoms with E-state index in [2.05, 4.69) is 4.98 Å². The van der Waals surface area contributed by atoms with Crippen LogP contribution in [0.15, 0.2) is 46.9 Å². The van der Waals surface area contributed by atoms with Gasteiger partial charge in [0.1, 0.15) is 17.6 Å². The molecule has 0 unspecified atom stereocenters. The molecule has 94 valence electrons. The molecule has 2 aromatic carbocycles. The Hall–Kier alpha value is -2.62. The molecule has 0 aliphatic heterocycles. The lowest BCUT2D eigenvalue weighted by molar-refractivity contribution is 0.112. The van der Waals surface area contributed by atoms with Gasteiger partial charge in [-0.25, -0.2) is 4.98 Å². The number of oxazole rings is 1. The van der Waals surface area contributed by atoms with Crippen molar-refractivity contribution < 1.29 is 13.9 Å². The summed E-state index contributed by atoms with van der Waals surface area (Å²) in [5, 5.41) is 0. The summed E-state index contributed by atoms with van der Waals surface area (Å²) < 4.78 is 10.8. The second-order valence-corrected chi connectivity index (χ2v) is 4.09. The number of benzene rings is 2. The van der Waals surface area contributed by atoms with Gasteiger partial charge in [0.2, 0.25) is 5.89 Å². The minimum atomic E-state index is 0.528. The zero-order valence-electron chi connectivity index (χ0n) is 10.3. The van der Waals surface area contributed by atoms with Gasteiger partial charge in [-0.05, 0) is 42.5 Å². The van der Waals surface area contributed by atoms with E-state index >= 15 is 0 Å². The third kappa shape index (κ3) is 2.08. The Morgan fingerprint density at radius 3 is 2.63 bits per heavy atom. The molecule has 19 heavy (non-hydrogen) atoms. The normalized spacial score (nSPS) is 10.6. The molecule has 3 rings (SSSR count). The van der Waals surface area contributed by atoms with Crippen LogP contribution >= 0.6 is 0 Å². The fraction of sp³-hybridized carbons (Fsp3) is 0.0667. The van der Waals surface area contributed by atoms with E-state index in [0.29, 0.717) is 22.6 Å². The summed E-state index contributed by atoms with van der Waals surface area (Å²) in [5.74, 6) is 1.31. The van der Waals surface area contributed by atoms with Gasteiger partial charge >= 0.3 is 0 Å². The van der Waals surface area contributed by atoms with E-state index in [4.69, 9.17) is 9.15 Å². The van der Waals surface area contributed by atoms with Crippen molar-refractivity contribution in [1.29, 1.82) is 0 Å². The molecule has 4 heteroatoms. The Morgan fingerprint density at radius 1 is 1.16 bits per heavy atom. The fourth-order valence-corrected chi connectivity index (χ4v) is 1.87. The van der Waals surface area contributed by atoms with Gasteiger partial charge in [0.05, 0.1) is 7.11 Å². The Kier molecular flexibility index (Phi) is 2.76. The highest BCUT2D eigenvalue weighted by Gasteiger charge is 2.08. The lowest BCUT2D eigenvalue weighted by atomic mass is 10.2. The van der Waals surface area contributed by atoms with E-state index in [0.717, 1.165) is 17.6 Å². The molecule has 0 saturated heterocycles. The summed E-state index contributed by atoms with van der Waals surface area (Å²) in [6, 6.07) is 12.6. The first kappa shape index (κ1) is 11.5. The van der Waals surface area contributed by atoms with Gasteiger partial charge in [-0.3, -0.25) is 4.79 Å². The smallest absolute Gasteiger partial charge is 0.227 e. The fourth-order valence-electron chi connectivity index (χ4n) is 1.87. The van der Waals surface area contributed by atoms with Crippen molar-refractivity contribution in [1.82, 2.24) is 4.98 Å². The third-order valence-corrected chi connectivity index (χ3v) is 2.88. The summed E-state index contributed by atoms with van der Waals surface area (Å²) in [6.07, 6.45) is 0.793. The van der Waals surface area contributed by atoms with Crippen LogP contribution in [0.5, 0.6) is 5.75 Å². The molecule has 4 nitrogen and oxygen atoms in total. The molecule has 0 amide bonds. The molecule has 0 radical (unpaired) electrons. The zero-order valence-corrected chi connectivity index (χ0v) is 10.3. The standard InChI is InChI=1S/C15H11NO3/c1-18-12-5-3-11(4-6-12)15-16-13-8-10(9-17)2-7-14(13)19-15/h2-9H,1H3. The second kappa shape index (κ2) is 4.57. The monoisotopic (exact) mass is 253 g/mol. The number of aldehydes is 1. The quantitative estimate of drug-likeness (QED) is 0.672. The number of carbonyl (C=O) groups is 1. The van der Waals surface area contributed by atoms with E-state index in [1.807, 2.05) is 24.3 Å². The van der Waals surface area contributed by atoms with Crippen LogP contribution in [0.4, 0.5) is 0 Å². The molecule has 0 N–H and O–H groups in total. The van der Waals surface area contributed by atoms with Crippen LogP contribution in [0, 0.1) is 0 Å². The van der Waals surface area contributed by atoms with E-state index in [9.17, 15) is 4.79 Å². The average molecular weight is 253 g/mol. The minimum absolute atomic E-state index is 0.528. The molecular weight excluding hydrogens is 242 g/mol. The van der Waals surface area contributed by atoms with Crippen molar-refractivity contribution >= 4 is 17.4 Å². The summed E-state index contributed by atoms with van der Waals surface area (Å²) in [6.45, 7) is 0. The number of aromatic nitrogens is 1. The van der Waals surface area contributed by atoms with E-state index in [-0.39, 0.29) is 0 Å². The van der Waals surface area contributed by atoms with Gasteiger partial charge in [0.25, 0.3) is 0 Å². The van der Waals surface area contributed by atoms with Gasteiger partial charge in [-0.1, -0.05) is 0 Å². The lowest BCUT2D eigenvalue weighted by Gasteiger charge is -1.99. The van der Waals surface area contributed by atoms with Crippen LogP contribution in [0.25, 0.3) is 22.6 Å². The number of fused-ring (bicyclic) bond motifs is 1. The number of methoxy groups -OCH3 is 1. The van der Waals surface area contributed by atoms with Crippen molar-refractivity contribution in [2.45, 2.75) is 0 Å². The maximum absolute atomic E-state index is 10.7. The zero-order chi connectivity index (χ0) is 13.2. The molecule has 3 aromatic rings. The molecule has 0 aliphatic rings. The maximum Gasteiger partial charge on any atom is 0.227 e. The molecule has 0 aliphatic carbocycles. The van der Waals surface area contributed by atoms with E-state index < -0.39 is 0 Å². The molecule has 0 spiro atoms. The number of carbonyl (C=O) groups excluding carboxylic acids is 1. The number of hydrogen-bond donors (Lipinski definition) is 0. The largest absolute Gasteiger partial charge is 0.497 e. The van der Waals surface area contributed by atoms with Crippen molar-refractivity contribution in [2.75, 3.05) is 7.11 Å². The van der Waals surface area contributed by atoms with Crippen LogP contribution in [0.1, 0.15) is 10.4 Å². The number of rotatable bonds is 3. The average Bonchev–Trinajstić information content (AvgIpc) is 2.90. The predicted molar refractivity (Wildman–Crippen MR) is 71.4 cm³/mol. The first-order valence-electron chi connectivity index (χ1n) is 5.80. The molecule has 0 bridgehead atoms. The van der Waals surface area contributed by atoms with Crippen LogP contribution in [-0.2, 0) is 0 Å². The van der Waals surface area contributed by atoms with Gasteiger partial charge in [0, 0.05) is 11.1 Å². The SMILES string of the molecule is COc1ccc(-c2nc3cc(C=O)ccc3o2)cc1. The second-order valence-electron chi connectivity index (χ2n) is 4.09. The van der Waals surface area contributed by atoms with Crippen molar-refractivity contribution in [3.05, 3.63) is 48.0 Å². The molecule has 0 atom stereocenters. The minimum Gasteiger partial charge on any atom is -0.497 e. The van der Waals surface area contributed by atoms with E-state index in [1.165, 1.54) is 0 Å². The number of ether oxygens (including phenoxy) is 1. The highest BCUT2D eigenvalue weighted by molar-refractivity contribution is 5.84. The summed E-state index contributed by atoms with van der Waals surface area (Å²) in [7, 11) is 1.62. The molecule has 0 saturated carbocycles. The van der Waals surface area contributed by atoms with Crippen molar-refractivity contribution in [3.63, 3.8) is 0 Å². The van der Waals surface area contributed by atoms with E-state index in [1.54, 1.807) is 25.3 Å².